The van der Waals surface area contributed by atoms with Crippen LogP contribution in [-0.2, 0) is 22.8 Å². The minimum atomic E-state index is -4.08. The van der Waals surface area contributed by atoms with E-state index in [1.807, 2.05) is 4.90 Å². The van der Waals surface area contributed by atoms with Crippen molar-refractivity contribution in [3.63, 3.8) is 0 Å². The van der Waals surface area contributed by atoms with Gasteiger partial charge in [0.2, 0.25) is 15.4 Å². The molecule has 358 valence electrons. The predicted molar refractivity (Wildman–Crippen MR) is 267 cm³/mol. The van der Waals surface area contributed by atoms with E-state index in [4.69, 9.17) is 10.5 Å². The Morgan fingerprint density at radius 2 is 1.67 bits per heavy atom. The topological polar surface area (TPSA) is 224 Å². The first-order chi connectivity index (χ1) is 33.2. The van der Waals surface area contributed by atoms with Crippen LogP contribution in [0.5, 0.6) is 11.5 Å². The number of nitrogens with zero attached hydrogens (tertiary/aromatic N) is 4. The predicted octanol–water partition coefficient (Wildman–Crippen LogP) is 6.79. The number of rotatable bonds is 17. The number of phenols is 1. The van der Waals surface area contributed by atoms with Crippen LogP contribution >= 0.6 is 0 Å². The van der Waals surface area contributed by atoms with Gasteiger partial charge in [-0.15, -0.1) is 0 Å². The second-order valence-electron chi connectivity index (χ2n) is 17.3. The second kappa shape index (κ2) is 20.8. The highest BCUT2D eigenvalue weighted by Gasteiger charge is 2.26. The Morgan fingerprint density at radius 3 is 2.42 bits per heavy atom. The van der Waals surface area contributed by atoms with E-state index in [2.05, 4.69) is 49.8 Å². The Hall–Kier alpha value is -7.47. The van der Waals surface area contributed by atoms with Gasteiger partial charge in [0.15, 0.2) is 0 Å². The molecule has 1 fully saturated rings. The molecule has 17 heteroatoms. The summed E-state index contributed by atoms with van der Waals surface area (Å²) in [6.07, 6.45) is 3.38. The number of aromatic hydroxyl groups is 1. The maximum Gasteiger partial charge on any atom is 0.320 e. The van der Waals surface area contributed by atoms with Gasteiger partial charge in [0.1, 0.15) is 11.5 Å². The molecular weight excluding hydrogens is 897 g/mol. The number of carbonyl (C=O) groups is 2. The summed E-state index contributed by atoms with van der Waals surface area (Å²) in [4.78, 5) is 50.9. The maximum absolute atomic E-state index is 14.3. The zero-order valence-electron chi connectivity index (χ0n) is 38.7. The number of nitrogens with one attached hydrogen (secondary N) is 3. The van der Waals surface area contributed by atoms with Crippen molar-refractivity contribution in [2.75, 3.05) is 63.6 Å². The van der Waals surface area contributed by atoms with Crippen molar-refractivity contribution >= 4 is 60.6 Å². The normalized spacial score (nSPS) is 13.4. The summed E-state index contributed by atoms with van der Waals surface area (Å²) in [5.74, 6) is -0.181. The Morgan fingerprint density at radius 1 is 0.899 bits per heavy atom. The number of ether oxygens (including phenoxy) is 1. The van der Waals surface area contributed by atoms with Crippen molar-refractivity contribution in [2.24, 2.45) is 5.73 Å². The number of methoxy groups -OCH3 is 1. The average molecular weight is 953 g/mol. The Bertz CT molecular complexity index is 3190. The van der Waals surface area contributed by atoms with Crippen LogP contribution < -0.4 is 31.6 Å². The minimum absolute atomic E-state index is 0.0145. The molecular formula is C52H56N8O8S. The zero-order valence-corrected chi connectivity index (χ0v) is 39.6. The number of benzene rings is 5. The number of aryl methyl sites for hydroxylation is 2. The first kappa shape index (κ1) is 48.0. The van der Waals surface area contributed by atoms with Crippen LogP contribution in [0.2, 0.25) is 0 Å². The van der Waals surface area contributed by atoms with Crippen LogP contribution in [0, 0.1) is 6.92 Å². The molecule has 0 aliphatic carbocycles. The first-order valence-electron chi connectivity index (χ1n) is 22.8. The molecule has 2 aromatic heterocycles. The second-order valence-corrected chi connectivity index (χ2v) is 19.2. The molecule has 7 aromatic rings. The number of amides is 3. The summed E-state index contributed by atoms with van der Waals surface area (Å²) < 4.78 is 34.0. The van der Waals surface area contributed by atoms with Crippen LogP contribution in [0.4, 0.5) is 21.9 Å². The van der Waals surface area contributed by atoms with E-state index in [-0.39, 0.29) is 39.2 Å². The van der Waals surface area contributed by atoms with E-state index >= 15 is 0 Å². The average Bonchev–Trinajstić information content (AvgIpc) is 3.35. The fraction of sp³-hybridized carbons (Fsp3) is 0.269. The molecule has 3 amide bonds. The van der Waals surface area contributed by atoms with Crippen molar-refractivity contribution in [2.45, 2.75) is 48.6 Å². The van der Waals surface area contributed by atoms with Crippen LogP contribution in [0.3, 0.4) is 0 Å². The van der Waals surface area contributed by atoms with Gasteiger partial charge in [-0.05, 0) is 116 Å². The number of aliphatic hydroxyl groups is 1. The van der Waals surface area contributed by atoms with Gasteiger partial charge >= 0.3 is 6.03 Å². The third-order valence-electron chi connectivity index (χ3n) is 12.5. The SMILES string of the molecule is COc1cccc(Nc2c(C(N)=O)cnc3c(C)cc(S(=O)(=O)c4cccc(CN(C)C(=O)N5CCN(c6ccc(CCCCNCC(O)c7ccc(O)c8[nH]c(=O)ccc78)cc6)CC5)c4)cc23)c1. The number of piperazine rings is 1. The minimum Gasteiger partial charge on any atom is -0.506 e. The van der Waals surface area contributed by atoms with Gasteiger partial charge in [0.25, 0.3) is 5.91 Å². The molecule has 0 saturated carbocycles. The molecule has 3 heterocycles. The molecule has 1 saturated heterocycles. The third kappa shape index (κ3) is 10.8. The molecule has 1 unspecified atom stereocenters. The summed E-state index contributed by atoms with van der Waals surface area (Å²) in [6, 6.07) is 31.3. The number of hydrogen-bond acceptors (Lipinski definition) is 12. The standard InChI is InChI=1S/C52H56N8O8S/c1-33-26-40(29-43-48(33)55-30-44(51(53)64)49(43)56-36-10-7-11-38(28-36)68-3)69(66,67)39-12-6-9-35(27-39)32-58(2)52(65)60-24-22-59(23-25-60)37-15-13-34(14-16-37)8-4-5-21-54-31-46(62)41-17-19-45(61)50-42(41)18-20-47(63)57-50/h6-7,9-20,26-30,46,54,61-62H,4-5,8,21-25,31-32H2,1-3H3,(H2,53,64)(H,55,56)(H,57,63). The summed E-state index contributed by atoms with van der Waals surface area (Å²) in [5, 5.41) is 28.5. The molecule has 16 nitrogen and oxygen atoms in total. The Balaban J connectivity index is 0.827. The van der Waals surface area contributed by atoms with Crippen molar-refractivity contribution in [3.05, 3.63) is 154 Å². The number of hydrogen-bond donors (Lipinski definition) is 6. The molecule has 1 aliphatic heterocycles. The number of primary amides is 1. The van der Waals surface area contributed by atoms with E-state index in [9.17, 15) is 33.0 Å². The molecule has 5 aromatic carbocycles. The smallest absolute Gasteiger partial charge is 0.320 e. The van der Waals surface area contributed by atoms with Crippen molar-refractivity contribution in [3.8, 4) is 11.5 Å². The summed E-state index contributed by atoms with van der Waals surface area (Å²) in [5.41, 5.74) is 11.5. The molecule has 0 radical (unpaired) electrons. The highest BCUT2D eigenvalue weighted by Crippen LogP contribution is 2.35. The third-order valence-corrected chi connectivity index (χ3v) is 14.3. The summed E-state index contributed by atoms with van der Waals surface area (Å²) in [6.45, 7) is 5.43. The van der Waals surface area contributed by atoms with Crippen LogP contribution in [0.1, 0.15) is 51.6 Å². The fourth-order valence-corrected chi connectivity index (χ4v) is 10.2. The summed E-state index contributed by atoms with van der Waals surface area (Å²) >= 11 is 0. The van der Waals surface area contributed by atoms with Crippen LogP contribution in [0.25, 0.3) is 21.8 Å². The number of pyridine rings is 2. The fourth-order valence-electron chi connectivity index (χ4n) is 8.81. The lowest BCUT2D eigenvalue weighted by molar-refractivity contribution is 0.100. The van der Waals surface area contributed by atoms with Gasteiger partial charge in [0.05, 0.1) is 45.3 Å². The Labute approximate surface area is 400 Å². The van der Waals surface area contributed by atoms with E-state index in [1.165, 1.54) is 36.0 Å². The van der Waals surface area contributed by atoms with Gasteiger partial charge in [-0.3, -0.25) is 14.6 Å². The summed E-state index contributed by atoms with van der Waals surface area (Å²) in [7, 11) is -0.822. The number of nitrogens with two attached hydrogens (primary N) is 1. The number of H-pyrrole nitrogens is 1. The van der Waals surface area contributed by atoms with E-state index in [0.29, 0.717) is 88.3 Å². The number of fused-ring (bicyclic) bond motifs is 2. The highest BCUT2D eigenvalue weighted by molar-refractivity contribution is 7.91. The van der Waals surface area contributed by atoms with E-state index < -0.39 is 21.8 Å². The van der Waals surface area contributed by atoms with Crippen molar-refractivity contribution in [1.82, 2.24) is 25.1 Å². The maximum atomic E-state index is 14.3. The molecule has 0 bridgehead atoms. The quantitative estimate of drug-likeness (QED) is 0.0519. The lowest BCUT2D eigenvalue weighted by Crippen LogP contribution is -2.52. The largest absolute Gasteiger partial charge is 0.506 e. The first-order valence-corrected chi connectivity index (χ1v) is 24.2. The van der Waals surface area contributed by atoms with Gasteiger partial charge in [-0.1, -0.05) is 36.4 Å². The lowest BCUT2D eigenvalue weighted by atomic mass is 10.0. The molecule has 69 heavy (non-hydrogen) atoms. The van der Waals surface area contributed by atoms with Crippen LogP contribution in [0.15, 0.2) is 130 Å². The molecule has 0 spiro atoms. The monoisotopic (exact) mass is 952 g/mol. The van der Waals surface area contributed by atoms with E-state index in [0.717, 1.165) is 31.5 Å². The number of unbranched alkanes of at least 4 members (excludes halogenated alkanes) is 1. The van der Waals surface area contributed by atoms with Gasteiger partial charge < -0.3 is 51.0 Å². The number of aromatic amines is 1. The van der Waals surface area contributed by atoms with Gasteiger partial charge in [0, 0.05) is 86.8 Å². The van der Waals surface area contributed by atoms with Gasteiger partial charge in [-0.2, -0.15) is 0 Å². The number of phenolic OH excluding ortho intramolecular Hbond substituents is 1. The molecule has 8 rings (SSSR count). The Kier molecular flexibility index (Phi) is 14.5. The van der Waals surface area contributed by atoms with Gasteiger partial charge in [-0.25, -0.2) is 13.2 Å². The molecule has 1 aliphatic rings. The number of urea groups is 1. The molecule has 1 atom stereocenters. The number of sulfone groups is 1. The van der Waals surface area contributed by atoms with Crippen molar-refractivity contribution in [1.29, 1.82) is 0 Å². The highest BCUT2D eigenvalue weighted by atomic mass is 32.2. The lowest BCUT2D eigenvalue weighted by Gasteiger charge is -2.37. The van der Waals surface area contributed by atoms with Crippen LogP contribution in [-0.4, -0.2) is 104 Å². The molecule has 7 N–H and O–H groups in total. The number of aromatic nitrogens is 2. The zero-order chi connectivity index (χ0) is 48.8. The van der Waals surface area contributed by atoms with Crippen molar-refractivity contribution < 1.29 is 33.0 Å². The number of aliphatic hydroxyl groups excluding tert-OH is 1. The number of anilines is 3. The van der Waals surface area contributed by atoms with E-state index in [1.54, 1.807) is 86.6 Å². The number of carbonyl (C=O) groups excluding carboxylic acids is 2.